The van der Waals surface area contributed by atoms with E-state index >= 15 is 0 Å². The topological polar surface area (TPSA) is 83.6 Å². The van der Waals surface area contributed by atoms with Crippen molar-refractivity contribution in [3.63, 3.8) is 0 Å². The van der Waals surface area contributed by atoms with Gasteiger partial charge in [-0.1, -0.05) is 24.3 Å². The summed E-state index contributed by atoms with van der Waals surface area (Å²) in [5, 5.41) is 10.6. The Bertz CT molecular complexity index is 1380. The van der Waals surface area contributed by atoms with E-state index in [1.54, 1.807) is 42.7 Å². The number of hydrogen-bond donors (Lipinski definition) is 2. The number of anilines is 1. The molecule has 5 rings (SSSR count). The molecule has 6 nitrogen and oxygen atoms in total. The molecular formula is C24H16FN5O. The highest BCUT2D eigenvalue weighted by Crippen LogP contribution is 2.26. The summed E-state index contributed by atoms with van der Waals surface area (Å²) in [6.45, 7) is 0. The Labute approximate surface area is 176 Å². The zero-order valence-corrected chi connectivity index (χ0v) is 16.2. The molecule has 3 heterocycles. The summed E-state index contributed by atoms with van der Waals surface area (Å²) in [5.74, 6) is -0.714. The van der Waals surface area contributed by atoms with Crippen LogP contribution in [0.5, 0.6) is 0 Å². The SMILES string of the molecule is O=C(Nc1ccc(-c2ccccc2F)nc1)c1n[nH]c2ccc(-c3cccnc3)cc12. The number of carbonyl (C=O) groups excluding carboxylic acids is 1. The van der Waals surface area contributed by atoms with E-state index in [9.17, 15) is 9.18 Å². The van der Waals surface area contributed by atoms with Crippen LogP contribution in [0.1, 0.15) is 10.5 Å². The van der Waals surface area contributed by atoms with Gasteiger partial charge in [0.2, 0.25) is 0 Å². The number of benzene rings is 2. The van der Waals surface area contributed by atoms with Gasteiger partial charge in [-0.3, -0.25) is 19.9 Å². The molecule has 0 fully saturated rings. The largest absolute Gasteiger partial charge is 0.319 e. The number of aromatic nitrogens is 4. The second kappa shape index (κ2) is 7.79. The maximum absolute atomic E-state index is 14.0. The number of carbonyl (C=O) groups is 1. The van der Waals surface area contributed by atoms with E-state index in [-0.39, 0.29) is 17.4 Å². The third-order valence-corrected chi connectivity index (χ3v) is 4.94. The van der Waals surface area contributed by atoms with Gasteiger partial charge in [0, 0.05) is 28.9 Å². The van der Waals surface area contributed by atoms with E-state index in [4.69, 9.17) is 0 Å². The lowest BCUT2D eigenvalue weighted by Gasteiger charge is -2.06. The summed E-state index contributed by atoms with van der Waals surface area (Å²) in [7, 11) is 0. The first kappa shape index (κ1) is 18.6. The smallest absolute Gasteiger partial charge is 0.276 e. The predicted octanol–water partition coefficient (Wildman–Crippen LogP) is 5.08. The van der Waals surface area contributed by atoms with Crippen molar-refractivity contribution in [2.45, 2.75) is 0 Å². The molecule has 0 radical (unpaired) electrons. The third-order valence-electron chi connectivity index (χ3n) is 4.94. The summed E-state index contributed by atoms with van der Waals surface area (Å²) in [4.78, 5) is 21.3. The summed E-state index contributed by atoms with van der Waals surface area (Å²) in [6, 6.07) is 19.3. The van der Waals surface area contributed by atoms with Gasteiger partial charge in [0.1, 0.15) is 5.82 Å². The second-order valence-corrected chi connectivity index (χ2v) is 6.94. The van der Waals surface area contributed by atoms with Gasteiger partial charge in [-0.05, 0) is 48.0 Å². The molecular weight excluding hydrogens is 393 g/mol. The molecule has 0 aliphatic heterocycles. The van der Waals surface area contributed by atoms with E-state index in [2.05, 4.69) is 25.5 Å². The third kappa shape index (κ3) is 3.64. The van der Waals surface area contributed by atoms with E-state index in [0.29, 0.717) is 22.3 Å². The van der Waals surface area contributed by atoms with Gasteiger partial charge in [-0.15, -0.1) is 0 Å². The molecule has 150 valence electrons. The number of amides is 1. The molecule has 2 aromatic carbocycles. The van der Waals surface area contributed by atoms with E-state index < -0.39 is 0 Å². The van der Waals surface area contributed by atoms with Gasteiger partial charge in [0.25, 0.3) is 5.91 Å². The molecule has 1 amide bonds. The zero-order chi connectivity index (χ0) is 21.2. The Hall–Kier alpha value is -4.39. The Kier molecular flexibility index (Phi) is 4.68. The number of pyridine rings is 2. The number of aromatic amines is 1. The fraction of sp³-hybridized carbons (Fsp3) is 0. The molecule has 0 unspecified atom stereocenters. The standard InChI is InChI=1S/C24H16FN5O/c25-20-6-2-1-5-18(20)21-10-8-17(14-27-21)28-24(31)23-19-12-15(7-9-22(19)29-30-23)16-4-3-11-26-13-16/h1-14H,(H,28,31)(H,29,30). The summed E-state index contributed by atoms with van der Waals surface area (Å²) >= 11 is 0. The van der Waals surface area contributed by atoms with Gasteiger partial charge < -0.3 is 5.32 Å². The molecule has 0 bridgehead atoms. The molecule has 2 N–H and O–H groups in total. The Morgan fingerprint density at radius 3 is 2.61 bits per heavy atom. The molecule has 0 saturated heterocycles. The Morgan fingerprint density at radius 1 is 0.935 bits per heavy atom. The number of nitrogens with one attached hydrogen (secondary N) is 2. The fourth-order valence-electron chi connectivity index (χ4n) is 3.39. The van der Waals surface area contributed by atoms with Crippen molar-refractivity contribution < 1.29 is 9.18 Å². The van der Waals surface area contributed by atoms with E-state index in [0.717, 1.165) is 16.6 Å². The number of hydrogen-bond acceptors (Lipinski definition) is 4. The van der Waals surface area contributed by atoms with Crippen molar-refractivity contribution >= 4 is 22.5 Å². The minimum Gasteiger partial charge on any atom is -0.319 e. The van der Waals surface area contributed by atoms with Crippen molar-refractivity contribution in [2.24, 2.45) is 0 Å². The van der Waals surface area contributed by atoms with Gasteiger partial charge in [0.15, 0.2) is 5.69 Å². The molecule has 0 aliphatic rings. The Morgan fingerprint density at radius 2 is 1.84 bits per heavy atom. The highest BCUT2D eigenvalue weighted by atomic mass is 19.1. The number of H-pyrrole nitrogens is 1. The van der Waals surface area contributed by atoms with Crippen LogP contribution < -0.4 is 5.32 Å². The van der Waals surface area contributed by atoms with Crippen LogP contribution in [0.4, 0.5) is 10.1 Å². The molecule has 0 aliphatic carbocycles. The second-order valence-electron chi connectivity index (χ2n) is 6.94. The van der Waals surface area contributed by atoms with Crippen LogP contribution in [0, 0.1) is 5.82 Å². The van der Waals surface area contributed by atoms with Crippen LogP contribution in [0.25, 0.3) is 33.3 Å². The monoisotopic (exact) mass is 409 g/mol. The normalized spacial score (nSPS) is 10.9. The Balaban J connectivity index is 1.41. The van der Waals surface area contributed by atoms with E-state index in [1.165, 1.54) is 12.3 Å². The van der Waals surface area contributed by atoms with Gasteiger partial charge in [0.05, 0.1) is 23.1 Å². The van der Waals surface area contributed by atoms with Crippen molar-refractivity contribution in [2.75, 3.05) is 5.32 Å². The van der Waals surface area contributed by atoms with Crippen molar-refractivity contribution in [3.8, 4) is 22.4 Å². The lowest BCUT2D eigenvalue weighted by molar-refractivity contribution is 0.102. The molecule has 0 saturated carbocycles. The lowest BCUT2D eigenvalue weighted by atomic mass is 10.0. The number of fused-ring (bicyclic) bond motifs is 1. The first-order chi connectivity index (χ1) is 15.2. The average Bonchev–Trinajstić information content (AvgIpc) is 3.24. The molecule has 5 aromatic rings. The number of rotatable bonds is 4. The van der Waals surface area contributed by atoms with Crippen LogP contribution in [-0.4, -0.2) is 26.1 Å². The molecule has 3 aromatic heterocycles. The van der Waals surface area contributed by atoms with Crippen molar-refractivity contribution in [1.82, 2.24) is 20.2 Å². The molecule has 0 atom stereocenters. The van der Waals surface area contributed by atoms with Crippen molar-refractivity contribution in [3.05, 3.63) is 96.8 Å². The molecule has 31 heavy (non-hydrogen) atoms. The quantitative estimate of drug-likeness (QED) is 0.434. The predicted molar refractivity (Wildman–Crippen MR) is 117 cm³/mol. The zero-order valence-electron chi connectivity index (χ0n) is 16.2. The lowest BCUT2D eigenvalue weighted by Crippen LogP contribution is -2.13. The van der Waals surface area contributed by atoms with Gasteiger partial charge in [-0.25, -0.2) is 4.39 Å². The maximum atomic E-state index is 14.0. The first-order valence-electron chi connectivity index (χ1n) is 9.60. The summed E-state index contributed by atoms with van der Waals surface area (Å²) < 4.78 is 14.0. The first-order valence-corrected chi connectivity index (χ1v) is 9.60. The van der Waals surface area contributed by atoms with Crippen LogP contribution >= 0.6 is 0 Å². The fourth-order valence-corrected chi connectivity index (χ4v) is 3.39. The van der Waals surface area contributed by atoms with Gasteiger partial charge in [-0.2, -0.15) is 5.10 Å². The summed E-state index contributed by atoms with van der Waals surface area (Å²) in [6.07, 6.45) is 4.98. The maximum Gasteiger partial charge on any atom is 0.276 e. The van der Waals surface area contributed by atoms with Gasteiger partial charge >= 0.3 is 0 Å². The molecule has 0 spiro atoms. The minimum absolute atomic E-state index is 0.277. The highest BCUT2D eigenvalue weighted by molar-refractivity contribution is 6.11. The number of halogens is 1. The van der Waals surface area contributed by atoms with E-state index in [1.807, 2.05) is 30.3 Å². The number of nitrogens with zero attached hydrogens (tertiary/aromatic N) is 3. The van der Waals surface area contributed by atoms with Crippen LogP contribution in [0.15, 0.2) is 85.3 Å². The van der Waals surface area contributed by atoms with Crippen molar-refractivity contribution in [1.29, 1.82) is 0 Å². The van der Waals surface area contributed by atoms with Crippen LogP contribution in [0.2, 0.25) is 0 Å². The van der Waals surface area contributed by atoms with Crippen LogP contribution in [-0.2, 0) is 0 Å². The minimum atomic E-state index is -0.366. The molecule has 7 heteroatoms. The average molecular weight is 409 g/mol. The van der Waals surface area contributed by atoms with Crippen LogP contribution in [0.3, 0.4) is 0 Å². The summed E-state index contributed by atoms with van der Waals surface area (Å²) in [5.41, 5.74) is 4.30. The highest BCUT2D eigenvalue weighted by Gasteiger charge is 2.16.